The van der Waals surface area contributed by atoms with Crippen LogP contribution < -0.4 is 5.32 Å². The van der Waals surface area contributed by atoms with Crippen molar-refractivity contribution < 1.29 is 19.5 Å². The smallest absolute Gasteiger partial charge is 0.325 e. The van der Waals surface area contributed by atoms with Gasteiger partial charge in [0.25, 0.3) is 5.91 Å². The number of carbonyl (C=O) groups excluding carboxylic acids is 3. The molecule has 0 bridgehead atoms. The number of aliphatic hydroxyl groups is 1. The Morgan fingerprint density at radius 1 is 1.13 bits per heavy atom. The van der Waals surface area contributed by atoms with E-state index in [0.29, 0.717) is 44.7 Å². The summed E-state index contributed by atoms with van der Waals surface area (Å²) in [6.07, 6.45) is 5.13. The number of carbonyl (C=O) groups is 3. The Hall–Kier alpha value is -2.41. The molecule has 31 heavy (non-hydrogen) atoms. The highest BCUT2D eigenvalue weighted by molar-refractivity contribution is 6.09. The summed E-state index contributed by atoms with van der Waals surface area (Å²) in [7, 11) is 0. The van der Waals surface area contributed by atoms with Gasteiger partial charge in [0, 0.05) is 13.1 Å². The van der Waals surface area contributed by atoms with Crippen molar-refractivity contribution >= 4 is 17.8 Å². The number of aliphatic hydroxyl groups excluding tert-OH is 1. The molecule has 1 aliphatic carbocycles. The maximum atomic E-state index is 13.0. The van der Waals surface area contributed by atoms with Crippen LogP contribution in [0.25, 0.3) is 0 Å². The van der Waals surface area contributed by atoms with Crippen molar-refractivity contribution in [3.63, 3.8) is 0 Å². The van der Waals surface area contributed by atoms with Gasteiger partial charge in [-0.15, -0.1) is 0 Å². The Bertz CT molecular complexity index is 811. The Morgan fingerprint density at radius 2 is 1.77 bits per heavy atom. The molecule has 3 aliphatic rings. The molecule has 4 rings (SSSR count). The molecule has 2 aliphatic heterocycles. The lowest BCUT2D eigenvalue weighted by molar-refractivity contribution is -0.140. The van der Waals surface area contributed by atoms with E-state index in [4.69, 9.17) is 0 Å². The monoisotopic (exact) mass is 427 g/mol. The van der Waals surface area contributed by atoms with Crippen LogP contribution in [0.4, 0.5) is 4.79 Å². The highest BCUT2D eigenvalue weighted by atomic mass is 16.3. The summed E-state index contributed by atoms with van der Waals surface area (Å²) in [6, 6.07) is 9.15. The average molecular weight is 428 g/mol. The first-order valence-corrected chi connectivity index (χ1v) is 11.6. The largest absolute Gasteiger partial charge is 0.388 e. The predicted octanol–water partition coefficient (Wildman–Crippen LogP) is 2.85. The number of amides is 4. The fourth-order valence-corrected chi connectivity index (χ4v) is 5.36. The van der Waals surface area contributed by atoms with Gasteiger partial charge in [-0.25, -0.2) is 4.79 Å². The van der Waals surface area contributed by atoms with E-state index in [9.17, 15) is 19.5 Å². The fraction of sp³-hybridized carbons (Fsp3) is 0.625. The fourth-order valence-electron chi connectivity index (χ4n) is 5.36. The Morgan fingerprint density at radius 3 is 2.39 bits per heavy atom. The molecule has 0 unspecified atom stereocenters. The quantitative estimate of drug-likeness (QED) is 0.707. The van der Waals surface area contributed by atoms with E-state index in [1.165, 1.54) is 0 Å². The van der Waals surface area contributed by atoms with Crippen LogP contribution in [-0.4, -0.2) is 57.9 Å². The zero-order chi connectivity index (χ0) is 22.0. The highest BCUT2D eigenvalue weighted by Crippen LogP contribution is 2.37. The summed E-state index contributed by atoms with van der Waals surface area (Å²) in [5.41, 5.74) is 0.0882. The van der Waals surface area contributed by atoms with Crippen LogP contribution in [0.2, 0.25) is 0 Å². The lowest BCUT2D eigenvalue weighted by Gasteiger charge is -2.35. The third kappa shape index (κ3) is 4.33. The molecule has 1 aromatic carbocycles. The zero-order valence-electron chi connectivity index (χ0n) is 18.3. The number of likely N-dealkylation sites (tertiary alicyclic amines) is 1. The SMILES string of the molecule is CCC1CCC2(CC1)NC(=O)N(CC(=O)N1CCC([C@H](O)c3ccccc3)CC1)C2=O. The van der Waals surface area contributed by atoms with Gasteiger partial charge in [-0.2, -0.15) is 0 Å². The minimum absolute atomic E-state index is 0.0974. The summed E-state index contributed by atoms with van der Waals surface area (Å²) in [5.74, 6) is 0.268. The van der Waals surface area contributed by atoms with Gasteiger partial charge >= 0.3 is 6.03 Å². The lowest BCUT2D eigenvalue weighted by Crippen LogP contribution is -2.50. The second-order valence-corrected chi connectivity index (χ2v) is 9.33. The van der Waals surface area contributed by atoms with Gasteiger partial charge in [0.05, 0.1) is 6.10 Å². The van der Waals surface area contributed by atoms with Gasteiger partial charge in [0.2, 0.25) is 5.91 Å². The molecule has 2 N–H and O–H groups in total. The minimum atomic E-state index is -0.810. The normalized spacial score (nSPS) is 28.1. The topological polar surface area (TPSA) is 90.0 Å². The summed E-state index contributed by atoms with van der Waals surface area (Å²) in [6.45, 7) is 3.01. The summed E-state index contributed by atoms with van der Waals surface area (Å²) >= 11 is 0. The maximum Gasteiger partial charge on any atom is 0.325 e. The zero-order valence-corrected chi connectivity index (χ0v) is 18.3. The van der Waals surface area contributed by atoms with E-state index in [1.807, 2.05) is 30.3 Å². The van der Waals surface area contributed by atoms with Gasteiger partial charge in [-0.05, 0) is 55.9 Å². The van der Waals surface area contributed by atoms with E-state index in [-0.39, 0.29) is 24.3 Å². The third-order valence-electron chi connectivity index (χ3n) is 7.56. The molecule has 1 saturated carbocycles. The van der Waals surface area contributed by atoms with Crippen molar-refractivity contribution in [2.75, 3.05) is 19.6 Å². The van der Waals surface area contributed by atoms with E-state index in [0.717, 1.165) is 29.7 Å². The molecule has 0 radical (unpaired) electrons. The molecule has 1 aromatic rings. The van der Waals surface area contributed by atoms with Crippen molar-refractivity contribution in [3.05, 3.63) is 35.9 Å². The molecule has 4 amide bonds. The number of nitrogens with zero attached hydrogens (tertiary/aromatic N) is 2. The molecule has 168 valence electrons. The third-order valence-corrected chi connectivity index (χ3v) is 7.56. The van der Waals surface area contributed by atoms with Crippen LogP contribution in [0.1, 0.15) is 63.5 Å². The highest BCUT2D eigenvalue weighted by Gasteiger charge is 2.52. The van der Waals surface area contributed by atoms with Crippen LogP contribution in [0.3, 0.4) is 0 Å². The van der Waals surface area contributed by atoms with Gasteiger partial charge in [-0.1, -0.05) is 43.7 Å². The van der Waals surface area contributed by atoms with E-state index < -0.39 is 17.7 Å². The molecule has 0 aromatic heterocycles. The van der Waals surface area contributed by atoms with E-state index >= 15 is 0 Å². The Labute approximate surface area is 183 Å². The molecule has 7 heteroatoms. The summed E-state index contributed by atoms with van der Waals surface area (Å²) < 4.78 is 0. The number of piperidine rings is 1. The average Bonchev–Trinajstić information content (AvgIpc) is 3.03. The molecular formula is C24H33N3O4. The second-order valence-electron chi connectivity index (χ2n) is 9.33. The minimum Gasteiger partial charge on any atom is -0.388 e. The number of hydrogen-bond acceptors (Lipinski definition) is 4. The molecule has 3 fully saturated rings. The molecule has 2 heterocycles. The molecule has 1 spiro atoms. The standard InChI is InChI=1S/C24H33N3O4/c1-2-17-8-12-24(13-9-17)22(30)27(23(31)25-24)16-20(28)26-14-10-19(11-15-26)21(29)18-6-4-3-5-7-18/h3-7,17,19,21,29H,2,8-16H2,1H3,(H,25,31)/t17?,21-,24?/m1/s1. The number of imide groups is 1. The first-order valence-electron chi connectivity index (χ1n) is 11.6. The second kappa shape index (κ2) is 8.99. The summed E-state index contributed by atoms with van der Waals surface area (Å²) in [4.78, 5) is 41.2. The van der Waals surface area contributed by atoms with Crippen molar-refractivity contribution in [3.8, 4) is 0 Å². The Balaban J connectivity index is 1.31. The van der Waals surface area contributed by atoms with Gasteiger partial charge in [-0.3, -0.25) is 14.5 Å². The molecule has 1 atom stereocenters. The van der Waals surface area contributed by atoms with Crippen molar-refractivity contribution in [2.45, 2.75) is 63.5 Å². The number of hydrogen-bond donors (Lipinski definition) is 2. The van der Waals surface area contributed by atoms with Crippen LogP contribution in [-0.2, 0) is 9.59 Å². The van der Waals surface area contributed by atoms with Crippen molar-refractivity contribution in [2.24, 2.45) is 11.8 Å². The van der Waals surface area contributed by atoms with Crippen LogP contribution in [0, 0.1) is 11.8 Å². The summed E-state index contributed by atoms with van der Waals surface area (Å²) in [5, 5.41) is 13.5. The molecule has 2 saturated heterocycles. The van der Waals surface area contributed by atoms with Crippen molar-refractivity contribution in [1.29, 1.82) is 0 Å². The lowest BCUT2D eigenvalue weighted by atomic mass is 9.75. The first-order chi connectivity index (χ1) is 14.9. The number of nitrogens with one attached hydrogen (secondary N) is 1. The van der Waals surface area contributed by atoms with Crippen LogP contribution in [0.5, 0.6) is 0 Å². The van der Waals surface area contributed by atoms with Gasteiger partial charge < -0.3 is 15.3 Å². The number of rotatable bonds is 5. The first kappa shape index (κ1) is 21.8. The molecular weight excluding hydrogens is 394 g/mol. The maximum absolute atomic E-state index is 13.0. The van der Waals surface area contributed by atoms with Crippen LogP contribution in [0.15, 0.2) is 30.3 Å². The van der Waals surface area contributed by atoms with Gasteiger partial charge in [0.1, 0.15) is 12.1 Å². The molecule has 7 nitrogen and oxygen atoms in total. The Kier molecular flexibility index (Phi) is 6.32. The van der Waals surface area contributed by atoms with Crippen LogP contribution >= 0.6 is 0 Å². The number of urea groups is 1. The van der Waals surface area contributed by atoms with Gasteiger partial charge in [0.15, 0.2) is 0 Å². The predicted molar refractivity (Wildman–Crippen MR) is 116 cm³/mol. The number of benzene rings is 1. The van der Waals surface area contributed by atoms with E-state index in [2.05, 4.69) is 12.2 Å². The van der Waals surface area contributed by atoms with E-state index in [1.54, 1.807) is 4.90 Å². The van der Waals surface area contributed by atoms with Crippen molar-refractivity contribution in [1.82, 2.24) is 15.1 Å².